The minimum absolute atomic E-state index is 0. The molecule has 17 heavy (non-hydrogen) atoms. The maximum Gasteiger partial charge on any atom is 0.0171 e. The van der Waals surface area contributed by atoms with Crippen molar-refractivity contribution in [3.8, 4) is 0 Å². The minimum atomic E-state index is 0. The summed E-state index contributed by atoms with van der Waals surface area (Å²) >= 11 is 0. The van der Waals surface area contributed by atoms with Crippen LogP contribution in [0.4, 0.5) is 0 Å². The maximum atomic E-state index is 2.72. The number of hydrogen-bond donors (Lipinski definition) is 1. The fraction of sp³-hybridized carbons (Fsp3) is 0.600. The zero-order chi connectivity index (χ0) is 11.0. The zero-order valence-electron chi connectivity index (χ0n) is 10.8. The van der Waals surface area contributed by atoms with Gasteiger partial charge in [0.2, 0.25) is 0 Å². The first-order chi connectivity index (χ1) is 7.84. The molecule has 1 aliphatic heterocycles. The van der Waals surface area contributed by atoms with E-state index in [-0.39, 0.29) is 6.15 Å². The third-order valence-corrected chi connectivity index (χ3v) is 4.27. The van der Waals surface area contributed by atoms with E-state index in [4.69, 9.17) is 0 Å². The average molecular weight is 232 g/mol. The highest BCUT2D eigenvalue weighted by Gasteiger charge is 2.42. The molecule has 1 aromatic carbocycles. The lowest BCUT2D eigenvalue weighted by Gasteiger charge is -2.30. The summed E-state index contributed by atoms with van der Waals surface area (Å²) in [6.45, 7) is 5.04. The van der Waals surface area contributed by atoms with Crippen molar-refractivity contribution in [3.05, 3.63) is 35.9 Å². The van der Waals surface area contributed by atoms with Crippen molar-refractivity contribution in [2.24, 2.45) is 5.92 Å². The van der Waals surface area contributed by atoms with E-state index in [1.807, 2.05) is 0 Å². The van der Waals surface area contributed by atoms with Crippen LogP contribution in [-0.2, 0) is 0 Å². The van der Waals surface area contributed by atoms with E-state index >= 15 is 0 Å². The van der Waals surface area contributed by atoms with Crippen molar-refractivity contribution in [3.63, 3.8) is 0 Å². The third kappa shape index (κ3) is 2.70. The second-order valence-electron chi connectivity index (χ2n) is 5.54. The van der Waals surface area contributed by atoms with E-state index in [1.165, 1.54) is 32.4 Å². The van der Waals surface area contributed by atoms with Gasteiger partial charge in [-0.2, -0.15) is 0 Å². The zero-order valence-corrected chi connectivity index (χ0v) is 10.8. The third-order valence-electron chi connectivity index (χ3n) is 4.27. The molecule has 1 aliphatic carbocycles. The molecule has 2 heteroatoms. The summed E-state index contributed by atoms with van der Waals surface area (Å²) in [7, 11) is 0. The predicted molar refractivity (Wildman–Crippen MR) is 72.6 cm³/mol. The SMILES string of the molecule is CC1CCN(C2CC2c2ccccc2)CC1.N. The molecule has 0 spiro atoms. The number of hydrogen-bond acceptors (Lipinski definition) is 2. The summed E-state index contributed by atoms with van der Waals surface area (Å²) in [6, 6.07) is 11.9. The molecule has 2 atom stereocenters. The van der Waals surface area contributed by atoms with Gasteiger partial charge in [0.05, 0.1) is 0 Å². The molecular formula is C15H24N2. The van der Waals surface area contributed by atoms with Crippen LogP contribution in [0.15, 0.2) is 30.3 Å². The second-order valence-corrected chi connectivity index (χ2v) is 5.54. The van der Waals surface area contributed by atoms with Crippen LogP contribution in [0.3, 0.4) is 0 Å². The Bertz CT molecular complexity index is 341. The van der Waals surface area contributed by atoms with E-state index < -0.39 is 0 Å². The summed E-state index contributed by atoms with van der Waals surface area (Å²) in [5.41, 5.74) is 1.55. The van der Waals surface area contributed by atoms with Crippen LogP contribution in [0, 0.1) is 5.92 Å². The Morgan fingerprint density at radius 3 is 2.35 bits per heavy atom. The summed E-state index contributed by atoms with van der Waals surface area (Å²) in [5.74, 6) is 1.78. The second kappa shape index (κ2) is 5.19. The van der Waals surface area contributed by atoms with Crippen molar-refractivity contribution < 1.29 is 0 Å². The lowest BCUT2D eigenvalue weighted by molar-refractivity contribution is 0.181. The normalized spacial score (nSPS) is 29.7. The molecule has 0 radical (unpaired) electrons. The molecule has 2 aliphatic rings. The quantitative estimate of drug-likeness (QED) is 0.848. The van der Waals surface area contributed by atoms with Crippen molar-refractivity contribution in [1.29, 1.82) is 0 Å². The lowest BCUT2D eigenvalue weighted by atomic mass is 9.99. The number of nitrogens with zero attached hydrogens (tertiary/aromatic N) is 1. The summed E-state index contributed by atoms with van der Waals surface area (Å²) in [5, 5.41) is 0. The number of benzene rings is 1. The van der Waals surface area contributed by atoms with Gasteiger partial charge in [-0.25, -0.2) is 0 Å². The molecule has 0 amide bonds. The Morgan fingerprint density at radius 1 is 1.06 bits per heavy atom. The molecule has 2 unspecified atom stereocenters. The van der Waals surface area contributed by atoms with Gasteiger partial charge >= 0.3 is 0 Å². The molecular weight excluding hydrogens is 208 g/mol. The molecule has 1 heterocycles. The largest absolute Gasteiger partial charge is 0.344 e. The van der Waals surface area contributed by atoms with Gasteiger partial charge in [-0.05, 0) is 43.8 Å². The maximum absolute atomic E-state index is 2.72. The van der Waals surface area contributed by atoms with Gasteiger partial charge in [0, 0.05) is 12.0 Å². The van der Waals surface area contributed by atoms with Crippen molar-refractivity contribution in [2.45, 2.75) is 38.1 Å². The van der Waals surface area contributed by atoms with Crippen molar-refractivity contribution >= 4 is 0 Å². The van der Waals surface area contributed by atoms with Crippen LogP contribution in [0.1, 0.15) is 37.7 Å². The van der Waals surface area contributed by atoms with Gasteiger partial charge in [-0.15, -0.1) is 0 Å². The highest BCUT2D eigenvalue weighted by Crippen LogP contribution is 2.45. The first kappa shape index (κ1) is 12.6. The fourth-order valence-electron chi connectivity index (χ4n) is 3.00. The Kier molecular flexibility index (Phi) is 3.85. The van der Waals surface area contributed by atoms with Gasteiger partial charge in [0.25, 0.3) is 0 Å². The Morgan fingerprint density at radius 2 is 1.71 bits per heavy atom. The Hall–Kier alpha value is -0.860. The van der Waals surface area contributed by atoms with E-state index in [9.17, 15) is 0 Å². The van der Waals surface area contributed by atoms with Gasteiger partial charge in [-0.1, -0.05) is 37.3 Å². The smallest absolute Gasteiger partial charge is 0.0171 e. The molecule has 2 fully saturated rings. The van der Waals surface area contributed by atoms with Gasteiger partial charge in [-0.3, -0.25) is 4.90 Å². The fourth-order valence-corrected chi connectivity index (χ4v) is 3.00. The lowest BCUT2D eigenvalue weighted by Crippen LogP contribution is -2.35. The molecule has 0 bridgehead atoms. The van der Waals surface area contributed by atoms with Crippen LogP contribution in [0.5, 0.6) is 0 Å². The Labute approximate surface area is 105 Å². The minimum Gasteiger partial charge on any atom is -0.344 e. The van der Waals surface area contributed by atoms with Gasteiger partial charge in [0.15, 0.2) is 0 Å². The van der Waals surface area contributed by atoms with Gasteiger partial charge < -0.3 is 6.15 Å². The van der Waals surface area contributed by atoms with E-state index in [1.54, 1.807) is 5.56 Å². The Balaban J connectivity index is 0.00000108. The highest BCUT2D eigenvalue weighted by atomic mass is 15.2. The van der Waals surface area contributed by atoms with Crippen LogP contribution in [-0.4, -0.2) is 24.0 Å². The molecule has 94 valence electrons. The van der Waals surface area contributed by atoms with Gasteiger partial charge in [0.1, 0.15) is 0 Å². The van der Waals surface area contributed by atoms with Crippen LogP contribution >= 0.6 is 0 Å². The topological polar surface area (TPSA) is 38.2 Å². The van der Waals surface area contributed by atoms with Crippen molar-refractivity contribution in [2.75, 3.05) is 13.1 Å². The monoisotopic (exact) mass is 232 g/mol. The predicted octanol–water partition coefficient (Wildman–Crippen LogP) is 3.44. The summed E-state index contributed by atoms with van der Waals surface area (Å²) in [6.07, 6.45) is 4.19. The molecule has 3 rings (SSSR count). The summed E-state index contributed by atoms with van der Waals surface area (Å²) in [4.78, 5) is 2.72. The summed E-state index contributed by atoms with van der Waals surface area (Å²) < 4.78 is 0. The number of rotatable bonds is 2. The number of piperidine rings is 1. The van der Waals surface area contributed by atoms with E-state index in [0.717, 1.165) is 17.9 Å². The highest BCUT2D eigenvalue weighted by molar-refractivity contribution is 5.27. The van der Waals surface area contributed by atoms with Crippen LogP contribution < -0.4 is 6.15 Å². The molecule has 3 N–H and O–H groups in total. The van der Waals surface area contributed by atoms with Crippen LogP contribution in [0.25, 0.3) is 0 Å². The first-order valence-corrected chi connectivity index (χ1v) is 6.63. The molecule has 0 aromatic heterocycles. The molecule has 1 saturated heterocycles. The first-order valence-electron chi connectivity index (χ1n) is 6.63. The van der Waals surface area contributed by atoms with E-state index in [2.05, 4.69) is 42.2 Å². The average Bonchev–Trinajstić information content (AvgIpc) is 3.11. The molecule has 1 saturated carbocycles. The van der Waals surface area contributed by atoms with Crippen molar-refractivity contribution in [1.82, 2.24) is 11.1 Å². The van der Waals surface area contributed by atoms with E-state index in [0.29, 0.717) is 0 Å². The molecule has 2 nitrogen and oxygen atoms in total. The number of likely N-dealkylation sites (tertiary alicyclic amines) is 1. The molecule has 1 aromatic rings. The van der Waals surface area contributed by atoms with Crippen LogP contribution in [0.2, 0.25) is 0 Å². The standard InChI is InChI=1S/C15H21N.H3N/c1-12-7-9-16(10-8-12)15-11-14(15)13-5-3-2-4-6-13;/h2-6,12,14-15H,7-11H2,1H3;1H3.